The number of allylic oxidation sites excluding steroid dienone is 8. The van der Waals surface area contributed by atoms with Crippen LogP contribution in [0.15, 0.2) is 42.1 Å². The van der Waals surface area contributed by atoms with Crippen molar-refractivity contribution in [1.82, 2.24) is 6.61 Å². The predicted octanol–water partition coefficient (Wildman–Crippen LogP) is 4.44. The molecule has 0 spiro atoms. The first-order valence-corrected chi connectivity index (χ1v) is 15.6. The molecule has 0 saturated heterocycles. The van der Waals surface area contributed by atoms with Crippen molar-refractivity contribution in [3.8, 4) is 0 Å². The van der Waals surface area contributed by atoms with Crippen molar-refractivity contribution in [3.05, 3.63) is 42.1 Å². The Morgan fingerprint density at radius 3 is 1.57 bits per heavy atom. The van der Waals surface area contributed by atoms with E-state index >= 15 is 0 Å². The zero-order valence-corrected chi connectivity index (χ0v) is 17.6. The molecule has 2 aliphatic carbocycles. The van der Waals surface area contributed by atoms with Gasteiger partial charge in [-0.2, -0.15) is 0 Å². The first-order valence-electron chi connectivity index (χ1n) is 8.39. The zero-order valence-electron chi connectivity index (χ0n) is 14.1. The van der Waals surface area contributed by atoms with Gasteiger partial charge in [-0.05, 0) is 0 Å². The quantitative estimate of drug-likeness (QED) is 0.532. The molecule has 0 aromatic carbocycles. The van der Waals surface area contributed by atoms with Gasteiger partial charge in [0.25, 0.3) is 0 Å². The van der Waals surface area contributed by atoms with Crippen molar-refractivity contribution < 1.29 is 20.5 Å². The van der Waals surface area contributed by atoms with E-state index in [1.807, 2.05) is 0 Å². The second kappa shape index (κ2) is 7.85. The Bertz CT molecular complexity index is 451. The maximum atomic E-state index is 4.08. The molecule has 2 rings (SSSR count). The number of rotatable bonds is 8. The van der Waals surface area contributed by atoms with E-state index in [4.69, 9.17) is 0 Å². The molecule has 0 atom stereocenters. The summed E-state index contributed by atoms with van der Waals surface area (Å²) in [6.07, 6.45) is 14.0. The molecule has 0 unspecified atom stereocenters. The molecule has 0 aromatic heterocycles. The fraction of sp³-hybridized carbons (Fsp3) is 0.556. The molecule has 0 heterocycles. The molecule has 2 nitrogen and oxygen atoms in total. The van der Waals surface area contributed by atoms with Gasteiger partial charge in [-0.3, -0.25) is 0 Å². The average Bonchev–Trinajstić information content (AvgIpc) is 3.09. The summed E-state index contributed by atoms with van der Waals surface area (Å²) in [7, 11) is 0. The van der Waals surface area contributed by atoms with Gasteiger partial charge in [0, 0.05) is 0 Å². The van der Waals surface area contributed by atoms with Crippen LogP contribution in [0.2, 0.25) is 0 Å². The van der Waals surface area contributed by atoms with Gasteiger partial charge in [0.15, 0.2) is 0 Å². The SMILES string of the molecule is CCC[NH][Hf]([NH]CCC)([C]1=C(C)C=CC1)[C]1=C(C)C=CC1. The normalized spacial score (nSPS) is 18.5. The van der Waals surface area contributed by atoms with Crippen LogP contribution in [0, 0.1) is 0 Å². The van der Waals surface area contributed by atoms with E-state index in [1.165, 1.54) is 24.0 Å². The molecular formula is C18H30HfN2. The van der Waals surface area contributed by atoms with Crippen LogP contribution in [0.3, 0.4) is 0 Å². The van der Waals surface area contributed by atoms with E-state index in [-0.39, 0.29) is 0 Å². The Labute approximate surface area is 135 Å². The van der Waals surface area contributed by atoms with Crippen molar-refractivity contribution in [2.45, 2.75) is 53.4 Å². The van der Waals surface area contributed by atoms with Crippen LogP contribution < -0.4 is 6.61 Å². The van der Waals surface area contributed by atoms with Crippen molar-refractivity contribution in [2.75, 3.05) is 13.1 Å². The molecule has 0 amide bonds. The van der Waals surface area contributed by atoms with E-state index in [9.17, 15) is 0 Å². The Morgan fingerprint density at radius 2 is 1.29 bits per heavy atom. The Hall–Kier alpha value is -0.250. The van der Waals surface area contributed by atoms with Crippen LogP contribution in [0.4, 0.5) is 0 Å². The van der Waals surface area contributed by atoms with Crippen molar-refractivity contribution in [1.29, 1.82) is 0 Å². The molecule has 0 aromatic rings. The van der Waals surface area contributed by atoms with Gasteiger partial charge >= 0.3 is 136 Å². The van der Waals surface area contributed by atoms with Crippen molar-refractivity contribution in [3.63, 3.8) is 0 Å². The molecule has 0 radical (unpaired) electrons. The monoisotopic (exact) mass is 454 g/mol. The van der Waals surface area contributed by atoms with Gasteiger partial charge in [0.2, 0.25) is 0 Å². The average molecular weight is 453 g/mol. The van der Waals surface area contributed by atoms with E-state index in [2.05, 4.69) is 58.6 Å². The molecular weight excluding hydrogens is 423 g/mol. The molecule has 0 bridgehead atoms. The molecule has 116 valence electrons. The number of hydrogen-bond donors (Lipinski definition) is 2. The summed E-state index contributed by atoms with van der Waals surface area (Å²) in [5, 5.41) is 0. The number of hydrogen-bond acceptors (Lipinski definition) is 2. The minimum atomic E-state index is -3.05. The molecule has 2 N–H and O–H groups in total. The maximum absolute atomic E-state index is 4.08. The van der Waals surface area contributed by atoms with Gasteiger partial charge in [-0.25, -0.2) is 0 Å². The third-order valence-electron chi connectivity index (χ3n) is 4.52. The Kier molecular flexibility index (Phi) is 6.39. The van der Waals surface area contributed by atoms with Gasteiger partial charge in [0.05, 0.1) is 0 Å². The van der Waals surface area contributed by atoms with Crippen LogP contribution in [-0.4, -0.2) is 13.1 Å². The third-order valence-corrected chi connectivity index (χ3v) is 20.9. The summed E-state index contributed by atoms with van der Waals surface area (Å²) in [5.41, 5.74) is 3.02. The van der Waals surface area contributed by atoms with Crippen LogP contribution in [-0.2, 0) is 20.5 Å². The molecule has 0 fully saturated rings. The standard InChI is InChI=1S/2C6H7.2C3H8N.Hf/c2*1-6-4-2-3-5-6;2*1-2-3-4;/h2*2,4H,3H2,1H3;2*4H,2-3H2,1H3;/q;;2*-1;+2. The second-order valence-electron chi connectivity index (χ2n) is 6.14. The van der Waals surface area contributed by atoms with Gasteiger partial charge in [-0.15, -0.1) is 0 Å². The summed E-state index contributed by atoms with van der Waals surface area (Å²) in [6, 6.07) is 0. The van der Waals surface area contributed by atoms with Gasteiger partial charge < -0.3 is 0 Å². The fourth-order valence-electron chi connectivity index (χ4n) is 3.42. The minimum absolute atomic E-state index is 1.13. The van der Waals surface area contributed by atoms with Crippen LogP contribution in [0.1, 0.15) is 53.4 Å². The van der Waals surface area contributed by atoms with Crippen LogP contribution >= 0.6 is 0 Å². The summed E-state index contributed by atoms with van der Waals surface area (Å²) in [6.45, 7) is 11.4. The first-order chi connectivity index (χ1) is 10.2. The third kappa shape index (κ3) is 3.57. The fourth-order valence-corrected chi connectivity index (χ4v) is 20.6. The number of nitrogens with one attached hydrogen (secondary N) is 2. The van der Waals surface area contributed by atoms with Gasteiger partial charge in [0.1, 0.15) is 0 Å². The molecule has 0 saturated carbocycles. The topological polar surface area (TPSA) is 24.1 Å². The van der Waals surface area contributed by atoms with E-state index in [1.54, 1.807) is 6.66 Å². The van der Waals surface area contributed by atoms with Gasteiger partial charge in [-0.1, -0.05) is 0 Å². The van der Waals surface area contributed by atoms with E-state index in [0.717, 1.165) is 25.9 Å². The van der Waals surface area contributed by atoms with Crippen molar-refractivity contribution in [2.24, 2.45) is 0 Å². The van der Waals surface area contributed by atoms with E-state index in [0.29, 0.717) is 0 Å². The summed E-state index contributed by atoms with van der Waals surface area (Å²) in [5.74, 6) is 0. The Balaban J connectivity index is 2.43. The molecule has 3 heteroatoms. The molecule has 21 heavy (non-hydrogen) atoms. The van der Waals surface area contributed by atoms with Crippen LogP contribution in [0.5, 0.6) is 0 Å². The molecule has 0 aliphatic heterocycles. The first kappa shape index (κ1) is 17.1. The Morgan fingerprint density at radius 1 is 0.857 bits per heavy atom. The summed E-state index contributed by atoms with van der Waals surface area (Å²) >= 11 is -3.05. The molecule has 2 aliphatic rings. The van der Waals surface area contributed by atoms with Crippen molar-refractivity contribution >= 4 is 0 Å². The predicted molar refractivity (Wildman–Crippen MR) is 89.5 cm³/mol. The summed E-state index contributed by atoms with van der Waals surface area (Å²) < 4.78 is 11.6. The zero-order chi connectivity index (χ0) is 15.3. The van der Waals surface area contributed by atoms with E-state index < -0.39 is 20.5 Å². The summed E-state index contributed by atoms with van der Waals surface area (Å²) in [4.78, 5) is 0. The second-order valence-corrected chi connectivity index (χ2v) is 18.4. The van der Waals surface area contributed by atoms with Crippen LogP contribution in [0.25, 0.3) is 0 Å².